The smallest absolute Gasteiger partial charge is 0.306 e. The number of carbonyl (C=O) groups is 2. The first kappa shape index (κ1) is 20.4. The van der Waals surface area contributed by atoms with Crippen LogP contribution in [0, 0.1) is 22.9 Å². The molecule has 1 atom stereocenters. The number of benzene rings is 2. The summed E-state index contributed by atoms with van der Waals surface area (Å²) in [5.41, 5.74) is 1.14. The summed E-state index contributed by atoms with van der Waals surface area (Å²) in [5, 5.41) is 15.4. The molecule has 0 spiro atoms. The van der Waals surface area contributed by atoms with Crippen molar-refractivity contribution in [3.63, 3.8) is 0 Å². The molecule has 1 unspecified atom stereocenters. The van der Waals surface area contributed by atoms with Crippen molar-refractivity contribution in [2.75, 3.05) is 16.4 Å². The average Bonchev–Trinajstić information content (AvgIpc) is 2.63. The van der Waals surface area contributed by atoms with Crippen molar-refractivity contribution < 1.29 is 18.9 Å². The lowest BCUT2D eigenvalue weighted by Gasteiger charge is -2.12. The lowest BCUT2D eigenvalue weighted by molar-refractivity contribution is -0.387. The zero-order valence-corrected chi connectivity index (χ0v) is 15.5. The number of nitrogens with one attached hydrogen (secondary N) is 2. The molecule has 2 amide bonds. The second-order valence-corrected chi connectivity index (χ2v) is 7.11. The number of hydrogen-bond acceptors (Lipinski definition) is 5. The molecule has 0 saturated carbocycles. The van der Waals surface area contributed by atoms with Crippen molar-refractivity contribution in [3.8, 4) is 0 Å². The summed E-state index contributed by atoms with van der Waals surface area (Å²) < 4.78 is 13.3. The first-order valence-electron chi connectivity index (χ1n) is 7.99. The monoisotopic (exact) mass is 391 g/mol. The van der Waals surface area contributed by atoms with Crippen LogP contribution in [0.2, 0.25) is 0 Å². The topological polar surface area (TPSA) is 101 Å². The number of thioether (sulfide) groups is 1. The number of nitro groups is 1. The number of rotatable bonds is 7. The molecule has 0 aliphatic heterocycles. The third-order valence-corrected chi connectivity index (χ3v) is 4.72. The highest BCUT2D eigenvalue weighted by atomic mass is 32.2. The molecule has 0 saturated heterocycles. The van der Waals surface area contributed by atoms with Crippen molar-refractivity contribution in [1.29, 1.82) is 0 Å². The summed E-state index contributed by atoms with van der Waals surface area (Å²) in [6, 6.07) is 10.4. The fraction of sp³-hybridized carbons (Fsp3) is 0.222. The summed E-state index contributed by atoms with van der Waals surface area (Å²) in [6.07, 6.45) is 0. The first-order chi connectivity index (χ1) is 12.8. The van der Waals surface area contributed by atoms with Crippen LogP contribution in [-0.4, -0.2) is 27.7 Å². The molecule has 0 aromatic heterocycles. The summed E-state index contributed by atoms with van der Waals surface area (Å²) in [6.45, 7) is 3.55. The van der Waals surface area contributed by atoms with Gasteiger partial charge in [0.05, 0.1) is 15.9 Å². The quantitative estimate of drug-likeness (QED) is 0.553. The van der Waals surface area contributed by atoms with E-state index < -0.39 is 27.6 Å². The normalized spacial score (nSPS) is 11.5. The minimum absolute atomic E-state index is 0.0615. The Morgan fingerprint density at radius 3 is 2.41 bits per heavy atom. The van der Waals surface area contributed by atoms with Gasteiger partial charge >= 0.3 is 5.69 Å². The Balaban J connectivity index is 1.86. The Labute approximate surface area is 159 Å². The van der Waals surface area contributed by atoms with Crippen LogP contribution >= 0.6 is 11.8 Å². The fourth-order valence-corrected chi connectivity index (χ4v) is 2.77. The van der Waals surface area contributed by atoms with E-state index in [2.05, 4.69) is 10.6 Å². The van der Waals surface area contributed by atoms with Gasteiger partial charge in [0.25, 0.3) is 0 Å². The van der Waals surface area contributed by atoms with Crippen molar-refractivity contribution in [2.45, 2.75) is 19.1 Å². The van der Waals surface area contributed by atoms with E-state index >= 15 is 0 Å². The Bertz CT molecular complexity index is 858. The molecule has 0 aliphatic rings. The Kier molecular flexibility index (Phi) is 6.89. The molecule has 0 radical (unpaired) electrons. The number of anilines is 2. The van der Waals surface area contributed by atoms with Gasteiger partial charge in [-0.15, -0.1) is 11.8 Å². The van der Waals surface area contributed by atoms with Gasteiger partial charge < -0.3 is 10.6 Å². The summed E-state index contributed by atoms with van der Waals surface area (Å²) >= 11 is 1.12. The minimum Gasteiger partial charge on any atom is -0.325 e. The third-order valence-electron chi connectivity index (χ3n) is 3.58. The Hall–Kier alpha value is -2.94. The van der Waals surface area contributed by atoms with E-state index in [1.165, 1.54) is 6.07 Å². The van der Waals surface area contributed by atoms with Crippen LogP contribution in [0.15, 0.2) is 42.5 Å². The first-order valence-corrected chi connectivity index (χ1v) is 9.04. The number of aryl methyl sites for hydroxylation is 1. The van der Waals surface area contributed by atoms with Crippen LogP contribution < -0.4 is 10.6 Å². The van der Waals surface area contributed by atoms with Gasteiger partial charge in [0.1, 0.15) is 0 Å². The third kappa shape index (κ3) is 6.07. The Morgan fingerprint density at radius 2 is 1.78 bits per heavy atom. The van der Waals surface area contributed by atoms with Crippen molar-refractivity contribution in [1.82, 2.24) is 0 Å². The predicted octanol–water partition coefficient (Wildman–Crippen LogP) is 3.74. The van der Waals surface area contributed by atoms with Crippen molar-refractivity contribution in [2.24, 2.45) is 0 Å². The maximum atomic E-state index is 13.3. The molecule has 2 aromatic rings. The zero-order valence-electron chi connectivity index (χ0n) is 14.7. The maximum absolute atomic E-state index is 13.3. The summed E-state index contributed by atoms with van der Waals surface area (Å²) in [7, 11) is 0. The highest BCUT2D eigenvalue weighted by Gasteiger charge is 2.19. The SMILES string of the molecule is Cc1ccc(NC(=O)CSC(C)C(=O)Nc2ccc(F)c([N+](=O)[O-])c2)cc1. The van der Waals surface area contributed by atoms with E-state index in [0.717, 1.165) is 29.5 Å². The van der Waals surface area contributed by atoms with Gasteiger partial charge in [0, 0.05) is 17.4 Å². The number of nitrogens with zero attached hydrogens (tertiary/aromatic N) is 1. The highest BCUT2D eigenvalue weighted by Crippen LogP contribution is 2.22. The molecule has 0 aliphatic carbocycles. The highest BCUT2D eigenvalue weighted by molar-refractivity contribution is 8.01. The van der Waals surface area contributed by atoms with Gasteiger partial charge in [0.2, 0.25) is 17.6 Å². The van der Waals surface area contributed by atoms with Crippen LogP contribution in [0.4, 0.5) is 21.5 Å². The number of halogens is 1. The standard InChI is InChI=1S/C18H18FN3O4S/c1-11-3-5-13(6-4-11)20-17(23)10-27-12(2)18(24)21-14-7-8-15(19)16(9-14)22(25)26/h3-9,12H,10H2,1-2H3,(H,20,23)(H,21,24). The second-order valence-electron chi connectivity index (χ2n) is 5.78. The summed E-state index contributed by atoms with van der Waals surface area (Å²) in [4.78, 5) is 34.0. The average molecular weight is 391 g/mol. The van der Waals surface area contributed by atoms with Gasteiger partial charge in [-0.25, -0.2) is 0 Å². The van der Waals surface area contributed by atoms with Crippen LogP contribution in [0.3, 0.4) is 0 Å². The van der Waals surface area contributed by atoms with Gasteiger partial charge in [0.15, 0.2) is 0 Å². The van der Waals surface area contributed by atoms with E-state index in [1.807, 2.05) is 19.1 Å². The molecule has 27 heavy (non-hydrogen) atoms. The van der Waals surface area contributed by atoms with Crippen molar-refractivity contribution >= 4 is 40.6 Å². The molecule has 2 rings (SSSR count). The van der Waals surface area contributed by atoms with Crippen LogP contribution in [0.1, 0.15) is 12.5 Å². The Morgan fingerprint density at radius 1 is 1.15 bits per heavy atom. The fourth-order valence-electron chi connectivity index (χ4n) is 2.08. The predicted molar refractivity (Wildman–Crippen MR) is 103 cm³/mol. The van der Waals surface area contributed by atoms with E-state index in [4.69, 9.17) is 0 Å². The second kappa shape index (κ2) is 9.13. The minimum atomic E-state index is -0.979. The number of hydrogen-bond donors (Lipinski definition) is 2. The lowest BCUT2D eigenvalue weighted by Crippen LogP contribution is -2.25. The molecule has 142 valence electrons. The number of amides is 2. The largest absolute Gasteiger partial charge is 0.325 e. The molecule has 2 N–H and O–H groups in total. The number of nitro benzene ring substituents is 1. The molecule has 0 fully saturated rings. The van der Waals surface area contributed by atoms with E-state index in [-0.39, 0.29) is 17.3 Å². The van der Waals surface area contributed by atoms with Gasteiger partial charge in [-0.1, -0.05) is 17.7 Å². The zero-order chi connectivity index (χ0) is 20.0. The van der Waals surface area contributed by atoms with Gasteiger partial charge in [-0.05, 0) is 38.1 Å². The van der Waals surface area contributed by atoms with Crippen LogP contribution in [0.5, 0.6) is 0 Å². The molecular weight excluding hydrogens is 373 g/mol. The van der Waals surface area contributed by atoms with Gasteiger partial charge in [-0.3, -0.25) is 19.7 Å². The molecule has 2 aromatic carbocycles. The molecule has 7 nitrogen and oxygen atoms in total. The van der Waals surface area contributed by atoms with E-state index in [9.17, 15) is 24.1 Å². The van der Waals surface area contributed by atoms with E-state index in [0.29, 0.717) is 5.69 Å². The number of carbonyl (C=O) groups excluding carboxylic acids is 2. The van der Waals surface area contributed by atoms with Gasteiger partial charge in [-0.2, -0.15) is 4.39 Å². The molecule has 0 heterocycles. The summed E-state index contributed by atoms with van der Waals surface area (Å²) in [5.74, 6) is -1.61. The van der Waals surface area contributed by atoms with E-state index in [1.54, 1.807) is 19.1 Å². The molecular formula is C18H18FN3O4S. The molecule has 0 bridgehead atoms. The maximum Gasteiger partial charge on any atom is 0.306 e. The lowest BCUT2D eigenvalue weighted by atomic mass is 10.2. The van der Waals surface area contributed by atoms with Crippen LogP contribution in [0.25, 0.3) is 0 Å². The van der Waals surface area contributed by atoms with Crippen LogP contribution in [-0.2, 0) is 9.59 Å². The molecule has 9 heteroatoms. The van der Waals surface area contributed by atoms with Crippen molar-refractivity contribution in [3.05, 3.63) is 64.0 Å².